The minimum Gasteiger partial charge on any atom is -0.397 e. The molecule has 3 N–H and O–H groups in total. The van der Waals surface area contributed by atoms with Crippen LogP contribution in [0.2, 0.25) is 5.02 Å². The van der Waals surface area contributed by atoms with Crippen LogP contribution < -0.4 is 11.1 Å². The Bertz CT molecular complexity index is 434. The van der Waals surface area contributed by atoms with Gasteiger partial charge in [-0.05, 0) is 31.5 Å². The van der Waals surface area contributed by atoms with Crippen molar-refractivity contribution in [3.8, 4) is 0 Å². The molecule has 1 aromatic carbocycles. The molecule has 2 saturated heterocycles. The van der Waals surface area contributed by atoms with Crippen LogP contribution in [-0.4, -0.2) is 43.3 Å². The minimum absolute atomic E-state index is 0.213. The first-order valence-corrected chi connectivity index (χ1v) is 7.25. The Labute approximate surface area is 118 Å². The molecule has 0 spiro atoms. The maximum atomic E-state index is 6.14. The fraction of sp³-hybridized carbons (Fsp3) is 0.571. The van der Waals surface area contributed by atoms with Crippen LogP contribution in [0.1, 0.15) is 12.8 Å². The molecule has 2 aliphatic rings. The molecule has 19 heavy (non-hydrogen) atoms. The van der Waals surface area contributed by atoms with Crippen LogP contribution in [0, 0.1) is 0 Å². The Hall–Kier alpha value is -0.970. The van der Waals surface area contributed by atoms with Gasteiger partial charge in [-0.3, -0.25) is 4.90 Å². The van der Waals surface area contributed by atoms with Crippen LogP contribution in [0.3, 0.4) is 0 Å². The Morgan fingerprint density at radius 1 is 1.47 bits per heavy atom. The highest BCUT2D eigenvalue weighted by atomic mass is 35.5. The summed E-state index contributed by atoms with van der Waals surface area (Å²) in [6.45, 7) is 3.81. The van der Waals surface area contributed by atoms with Gasteiger partial charge in [0.1, 0.15) is 0 Å². The molecule has 3 rings (SSSR count). The van der Waals surface area contributed by atoms with Gasteiger partial charge in [-0.15, -0.1) is 0 Å². The number of rotatable bonds is 3. The van der Waals surface area contributed by atoms with Crippen molar-refractivity contribution in [1.82, 2.24) is 4.90 Å². The molecule has 104 valence electrons. The molecule has 0 amide bonds. The van der Waals surface area contributed by atoms with Gasteiger partial charge in [-0.1, -0.05) is 17.7 Å². The van der Waals surface area contributed by atoms with Crippen molar-refractivity contribution in [3.63, 3.8) is 0 Å². The molecule has 1 aromatic rings. The molecule has 4 nitrogen and oxygen atoms in total. The molecular weight excluding hydrogens is 262 g/mol. The van der Waals surface area contributed by atoms with E-state index in [2.05, 4.69) is 10.2 Å². The standard InChI is InChI=1S/C14H20ClN3O/c15-12-4-1-5-13(16)14(12)17-7-11-8-18-6-2-3-10(18)9-19-11/h1,4-5,10-11,17H,2-3,6-9,16H2. The number of nitrogens with one attached hydrogen (secondary N) is 1. The molecule has 2 heterocycles. The van der Waals surface area contributed by atoms with E-state index in [0.29, 0.717) is 16.8 Å². The van der Waals surface area contributed by atoms with Gasteiger partial charge in [0, 0.05) is 19.1 Å². The second-order valence-corrected chi connectivity index (χ2v) is 5.74. The molecule has 2 atom stereocenters. The largest absolute Gasteiger partial charge is 0.397 e. The molecule has 2 aliphatic heterocycles. The summed E-state index contributed by atoms with van der Waals surface area (Å²) < 4.78 is 5.91. The number of nitrogens with zero attached hydrogens (tertiary/aromatic N) is 1. The summed E-state index contributed by atoms with van der Waals surface area (Å²) in [7, 11) is 0. The number of morpholine rings is 1. The van der Waals surface area contributed by atoms with E-state index in [4.69, 9.17) is 22.1 Å². The van der Waals surface area contributed by atoms with Crippen molar-refractivity contribution in [2.24, 2.45) is 0 Å². The Balaban J connectivity index is 1.58. The lowest BCUT2D eigenvalue weighted by Crippen LogP contribution is -2.48. The first-order chi connectivity index (χ1) is 9.24. The maximum absolute atomic E-state index is 6.14. The van der Waals surface area contributed by atoms with E-state index in [1.807, 2.05) is 18.2 Å². The van der Waals surface area contributed by atoms with Gasteiger partial charge in [-0.2, -0.15) is 0 Å². The zero-order valence-corrected chi connectivity index (χ0v) is 11.7. The lowest BCUT2D eigenvalue weighted by atomic mass is 10.2. The maximum Gasteiger partial charge on any atom is 0.0874 e. The summed E-state index contributed by atoms with van der Waals surface area (Å²) in [5.41, 5.74) is 7.42. The van der Waals surface area contributed by atoms with Gasteiger partial charge < -0.3 is 15.8 Å². The van der Waals surface area contributed by atoms with E-state index < -0.39 is 0 Å². The summed E-state index contributed by atoms with van der Waals surface area (Å²) in [4.78, 5) is 2.53. The molecule has 0 bridgehead atoms. The van der Waals surface area contributed by atoms with Crippen molar-refractivity contribution >= 4 is 23.0 Å². The number of halogens is 1. The third kappa shape index (κ3) is 2.81. The summed E-state index contributed by atoms with van der Waals surface area (Å²) in [6, 6.07) is 6.20. The first-order valence-electron chi connectivity index (χ1n) is 6.87. The lowest BCUT2D eigenvalue weighted by Gasteiger charge is -2.35. The number of nitrogen functional groups attached to an aromatic ring is 1. The van der Waals surface area contributed by atoms with Crippen molar-refractivity contribution < 1.29 is 4.74 Å². The SMILES string of the molecule is Nc1cccc(Cl)c1NCC1CN2CCCC2CO1. The topological polar surface area (TPSA) is 50.5 Å². The predicted octanol–water partition coefficient (Wildman–Crippen LogP) is 2.20. The molecule has 5 heteroatoms. The van der Waals surface area contributed by atoms with Crippen LogP contribution in [0.5, 0.6) is 0 Å². The number of para-hydroxylation sites is 1. The Kier molecular flexibility index (Phi) is 3.82. The fourth-order valence-electron chi connectivity index (χ4n) is 2.95. The smallest absolute Gasteiger partial charge is 0.0874 e. The van der Waals surface area contributed by atoms with E-state index >= 15 is 0 Å². The number of fused-ring (bicyclic) bond motifs is 1. The quantitative estimate of drug-likeness (QED) is 0.834. The van der Waals surface area contributed by atoms with Crippen LogP contribution in [0.25, 0.3) is 0 Å². The fourth-order valence-corrected chi connectivity index (χ4v) is 3.20. The van der Waals surface area contributed by atoms with Crippen LogP contribution >= 0.6 is 11.6 Å². The third-order valence-corrected chi connectivity index (χ3v) is 4.33. The normalized spacial score (nSPS) is 27.2. The number of benzene rings is 1. The average Bonchev–Trinajstić information content (AvgIpc) is 2.85. The Morgan fingerprint density at radius 3 is 3.21 bits per heavy atom. The van der Waals surface area contributed by atoms with Gasteiger partial charge >= 0.3 is 0 Å². The molecule has 2 unspecified atom stereocenters. The van der Waals surface area contributed by atoms with Gasteiger partial charge in [-0.25, -0.2) is 0 Å². The monoisotopic (exact) mass is 281 g/mol. The van der Waals surface area contributed by atoms with Crippen molar-refractivity contribution in [3.05, 3.63) is 23.2 Å². The van der Waals surface area contributed by atoms with Gasteiger partial charge in [0.2, 0.25) is 0 Å². The predicted molar refractivity (Wildman–Crippen MR) is 78.7 cm³/mol. The van der Waals surface area contributed by atoms with E-state index in [9.17, 15) is 0 Å². The zero-order chi connectivity index (χ0) is 13.2. The van der Waals surface area contributed by atoms with Crippen molar-refractivity contribution in [1.29, 1.82) is 0 Å². The Morgan fingerprint density at radius 2 is 2.37 bits per heavy atom. The molecule has 0 radical (unpaired) electrons. The van der Waals surface area contributed by atoms with E-state index in [1.54, 1.807) is 0 Å². The first kappa shape index (κ1) is 13.0. The van der Waals surface area contributed by atoms with Crippen LogP contribution in [-0.2, 0) is 4.74 Å². The number of anilines is 2. The number of ether oxygens (including phenoxy) is 1. The lowest BCUT2D eigenvalue weighted by molar-refractivity contribution is -0.0415. The number of hydrogen-bond acceptors (Lipinski definition) is 4. The van der Waals surface area contributed by atoms with Crippen LogP contribution in [0.15, 0.2) is 18.2 Å². The van der Waals surface area contributed by atoms with Crippen LogP contribution in [0.4, 0.5) is 11.4 Å². The highest BCUT2D eigenvalue weighted by Crippen LogP contribution is 2.28. The number of hydrogen-bond donors (Lipinski definition) is 2. The van der Waals surface area contributed by atoms with Gasteiger partial charge in [0.25, 0.3) is 0 Å². The van der Waals surface area contributed by atoms with Crippen molar-refractivity contribution in [2.45, 2.75) is 25.0 Å². The minimum atomic E-state index is 0.213. The summed E-state index contributed by atoms with van der Waals surface area (Å²) in [5, 5.41) is 3.98. The van der Waals surface area contributed by atoms with Crippen molar-refractivity contribution in [2.75, 3.05) is 37.3 Å². The summed E-state index contributed by atoms with van der Waals surface area (Å²) in [5.74, 6) is 0. The molecule has 2 fully saturated rings. The highest BCUT2D eigenvalue weighted by Gasteiger charge is 2.32. The highest BCUT2D eigenvalue weighted by molar-refractivity contribution is 6.33. The average molecular weight is 282 g/mol. The second kappa shape index (κ2) is 5.57. The second-order valence-electron chi connectivity index (χ2n) is 5.33. The number of nitrogens with two attached hydrogens (primary N) is 1. The van der Waals surface area contributed by atoms with E-state index in [-0.39, 0.29) is 6.10 Å². The molecule has 0 aromatic heterocycles. The molecular formula is C14H20ClN3O. The van der Waals surface area contributed by atoms with E-state index in [1.165, 1.54) is 19.4 Å². The summed E-state index contributed by atoms with van der Waals surface area (Å²) >= 11 is 6.14. The third-order valence-electron chi connectivity index (χ3n) is 4.01. The van der Waals surface area contributed by atoms with Gasteiger partial charge in [0.15, 0.2) is 0 Å². The molecule has 0 saturated carbocycles. The summed E-state index contributed by atoms with van der Waals surface area (Å²) in [6.07, 6.45) is 2.79. The van der Waals surface area contributed by atoms with Gasteiger partial charge in [0.05, 0.1) is 29.1 Å². The zero-order valence-electron chi connectivity index (χ0n) is 10.9. The van der Waals surface area contributed by atoms with E-state index in [0.717, 1.165) is 25.4 Å². The molecule has 0 aliphatic carbocycles.